The number of aromatic hydroxyl groups is 1. The van der Waals surface area contributed by atoms with E-state index in [0.29, 0.717) is 11.6 Å². The minimum absolute atomic E-state index is 0.000648. The van der Waals surface area contributed by atoms with Gasteiger partial charge in [0.15, 0.2) is 0 Å². The van der Waals surface area contributed by atoms with Gasteiger partial charge in [0.1, 0.15) is 11.6 Å². The molecular formula is C12H18FNO. The third-order valence-electron chi connectivity index (χ3n) is 2.87. The van der Waals surface area contributed by atoms with Crippen molar-refractivity contribution in [3.63, 3.8) is 0 Å². The molecule has 0 spiro atoms. The van der Waals surface area contributed by atoms with E-state index >= 15 is 0 Å². The van der Waals surface area contributed by atoms with Crippen LogP contribution in [-0.2, 0) is 0 Å². The van der Waals surface area contributed by atoms with Gasteiger partial charge >= 0.3 is 0 Å². The highest BCUT2D eigenvalue weighted by atomic mass is 19.1. The summed E-state index contributed by atoms with van der Waals surface area (Å²) in [7, 11) is 1.96. The second-order valence-electron chi connectivity index (χ2n) is 4.14. The molecule has 1 aromatic rings. The van der Waals surface area contributed by atoms with Crippen molar-refractivity contribution in [2.24, 2.45) is 0 Å². The van der Waals surface area contributed by atoms with E-state index in [9.17, 15) is 9.50 Å². The van der Waals surface area contributed by atoms with E-state index in [2.05, 4.69) is 18.7 Å². The van der Waals surface area contributed by atoms with Gasteiger partial charge in [-0.1, -0.05) is 0 Å². The molecule has 0 saturated carbocycles. The summed E-state index contributed by atoms with van der Waals surface area (Å²) in [5.74, 6) is -0.164. The van der Waals surface area contributed by atoms with E-state index < -0.39 is 0 Å². The maximum atomic E-state index is 13.0. The maximum absolute atomic E-state index is 13.0. The fourth-order valence-corrected chi connectivity index (χ4v) is 1.53. The number of hydrogen-bond donors (Lipinski definition) is 1. The molecule has 1 atom stereocenters. The van der Waals surface area contributed by atoms with Crippen molar-refractivity contribution in [3.05, 3.63) is 29.6 Å². The number of phenols is 1. The topological polar surface area (TPSA) is 23.5 Å². The molecule has 84 valence electrons. The van der Waals surface area contributed by atoms with Crippen LogP contribution in [0.4, 0.5) is 4.39 Å². The second kappa shape index (κ2) is 4.62. The molecule has 0 aliphatic carbocycles. The summed E-state index contributed by atoms with van der Waals surface area (Å²) in [6, 6.07) is 4.40. The van der Waals surface area contributed by atoms with E-state index in [0.717, 1.165) is 0 Å². The van der Waals surface area contributed by atoms with Gasteiger partial charge in [0.05, 0.1) is 0 Å². The van der Waals surface area contributed by atoms with Gasteiger partial charge in [-0.2, -0.15) is 0 Å². The van der Waals surface area contributed by atoms with Gasteiger partial charge in [-0.25, -0.2) is 4.39 Å². The Morgan fingerprint density at radius 2 is 1.87 bits per heavy atom. The molecule has 1 N–H and O–H groups in total. The van der Waals surface area contributed by atoms with Gasteiger partial charge in [0.25, 0.3) is 0 Å². The zero-order chi connectivity index (χ0) is 11.6. The summed E-state index contributed by atoms with van der Waals surface area (Å²) in [6.45, 7) is 6.08. The minimum atomic E-state index is -0.313. The monoisotopic (exact) mass is 211 g/mol. The number of phenolic OH excluding ortho intramolecular Hbond substituents is 1. The Morgan fingerprint density at radius 1 is 1.27 bits per heavy atom. The highest BCUT2D eigenvalue weighted by Gasteiger charge is 2.17. The molecule has 0 fully saturated rings. The highest BCUT2D eigenvalue weighted by molar-refractivity contribution is 5.34. The average Bonchev–Trinajstić information content (AvgIpc) is 2.19. The minimum Gasteiger partial charge on any atom is -0.508 e. The molecule has 0 saturated heterocycles. The lowest BCUT2D eigenvalue weighted by atomic mass is 10.0. The first kappa shape index (κ1) is 12.0. The number of rotatable bonds is 3. The van der Waals surface area contributed by atoms with Crippen LogP contribution in [0.25, 0.3) is 0 Å². The standard InChI is InChI=1S/C12H18FNO/c1-8(2)14(4)9(3)11-7-10(13)5-6-12(11)15/h5-9,15H,1-4H3. The Balaban J connectivity index is 2.99. The van der Waals surface area contributed by atoms with Crippen molar-refractivity contribution < 1.29 is 9.50 Å². The molecule has 1 unspecified atom stereocenters. The molecule has 0 aromatic heterocycles. The van der Waals surface area contributed by atoms with Crippen molar-refractivity contribution in [3.8, 4) is 5.75 Å². The summed E-state index contributed by atoms with van der Waals surface area (Å²) in [5.41, 5.74) is 0.631. The summed E-state index contributed by atoms with van der Waals surface area (Å²) in [4.78, 5) is 2.08. The van der Waals surface area contributed by atoms with Gasteiger partial charge in [-0.05, 0) is 46.0 Å². The zero-order valence-corrected chi connectivity index (χ0v) is 9.66. The average molecular weight is 211 g/mol. The summed E-state index contributed by atoms with van der Waals surface area (Å²) in [5, 5.41) is 9.64. The lowest BCUT2D eigenvalue weighted by Crippen LogP contribution is -2.29. The van der Waals surface area contributed by atoms with E-state index in [1.807, 2.05) is 14.0 Å². The molecule has 2 nitrogen and oxygen atoms in total. The lowest BCUT2D eigenvalue weighted by Gasteiger charge is -2.29. The molecule has 0 bridgehead atoms. The molecular weight excluding hydrogens is 193 g/mol. The summed E-state index contributed by atoms with van der Waals surface area (Å²) in [6.07, 6.45) is 0. The molecule has 0 heterocycles. The zero-order valence-electron chi connectivity index (χ0n) is 9.66. The van der Waals surface area contributed by atoms with Crippen LogP contribution in [-0.4, -0.2) is 23.1 Å². The number of nitrogens with zero attached hydrogens (tertiary/aromatic N) is 1. The third-order valence-corrected chi connectivity index (χ3v) is 2.87. The lowest BCUT2D eigenvalue weighted by molar-refractivity contribution is 0.206. The van der Waals surface area contributed by atoms with Gasteiger partial charge in [0.2, 0.25) is 0 Å². The Kier molecular flexibility index (Phi) is 3.69. The van der Waals surface area contributed by atoms with Gasteiger partial charge in [-0.15, -0.1) is 0 Å². The third kappa shape index (κ3) is 2.69. The van der Waals surface area contributed by atoms with Crippen LogP contribution in [0.1, 0.15) is 32.4 Å². The SMILES string of the molecule is CC(C)N(C)C(C)c1cc(F)ccc1O. The molecule has 0 aliphatic heterocycles. The first-order valence-corrected chi connectivity index (χ1v) is 5.13. The summed E-state index contributed by atoms with van der Waals surface area (Å²) < 4.78 is 13.0. The fourth-order valence-electron chi connectivity index (χ4n) is 1.53. The molecule has 0 radical (unpaired) electrons. The van der Waals surface area contributed by atoms with Crippen LogP contribution in [0.2, 0.25) is 0 Å². The maximum Gasteiger partial charge on any atom is 0.123 e. The second-order valence-corrected chi connectivity index (χ2v) is 4.14. The van der Waals surface area contributed by atoms with Crippen molar-refractivity contribution in [1.29, 1.82) is 0 Å². The first-order valence-electron chi connectivity index (χ1n) is 5.13. The number of hydrogen-bond acceptors (Lipinski definition) is 2. The van der Waals surface area contributed by atoms with Crippen LogP contribution < -0.4 is 0 Å². The van der Waals surface area contributed by atoms with E-state index in [1.54, 1.807) is 0 Å². The van der Waals surface area contributed by atoms with Crippen molar-refractivity contribution in [2.45, 2.75) is 32.9 Å². The van der Waals surface area contributed by atoms with Crippen LogP contribution >= 0.6 is 0 Å². The van der Waals surface area contributed by atoms with Crippen LogP contribution in [0.15, 0.2) is 18.2 Å². The Morgan fingerprint density at radius 3 is 2.40 bits per heavy atom. The molecule has 3 heteroatoms. The molecule has 1 aromatic carbocycles. The van der Waals surface area contributed by atoms with Crippen LogP contribution in [0.3, 0.4) is 0 Å². The highest BCUT2D eigenvalue weighted by Crippen LogP contribution is 2.29. The van der Waals surface area contributed by atoms with Crippen LogP contribution in [0.5, 0.6) is 5.75 Å². The Hall–Kier alpha value is -1.09. The quantitative estimate of drug-likeness (QED) is 0.831. The van der Waals surface area contributed by atoms with Crippen molar-refractivity contribution >= 4 is 0 Å². The molecule has 0 amide bonds. The number of benzene rings is 1. The van der Waals surface area contributed by atoms with Gasteiger partial charge in [0, 0.05) is 17.6 Å². The number of halogens is 1. The van der Waals surface area contributed by atoms with E-state index in [-0.39, 0.29) is 17.6 Å². The normalized spacial score (nSPS) is 13.5. The summed E-state index contributed by atoms with van der Waals surface area (Å²) >= 11 is 0. The van der Waals surface area contributed by atoms with Crippen molar-refractivity contribution in [2.75, 3.05) is 7.05 Å². The first-order chi connectivity index (χ1) is 6.93. The van der Waals surface area contributed by atoms with E-state index in [1.165, 1.54) is 18.2 Å². The molecule has 15 heavy (non-hydrogen) atoms. The smallest absolute Gasteiger partial charge is 0.123 e. The van der Waals surface area contributed by atoms with Crippen molar-refractivity contribution in [1.82, 2.24) is 4.90 Å². The molecule has 1 rings (SSSR count). The largest absolute Gasteiger partial charge is 0.508 e. The van der Waals surface area contributed by atoms with Gasteiger partial charge in [-0.3, -0.25) is 4.90 Å². The van der Waals surface area contributed by atoms with Crippen LogP contribution in [0, 0.1) is 5.82 Å². The predicted octanol–water partition coefficient (Wildman–Crippen LogP) is 2.93. The fraction of sp³-hybridized carbons (Fsp3) is 0.500. The Bertz CT molecular complexity index is 338. The Labute approximate surface area is 90.3 Å². The molecule has 0 aliphatic rings. The van der Waals surface area contributed by atoms with E-state index in [4.69, 9.17) is 0 Å². The predicted molar refractivity (Wildman–Crippen MR) is 59.4 cm³/mol. The van der Waals surface area contributed by atoms with Gasteiger partial charge < -0.3 is 5.11 Å².